The number of benzene rings is 2. The maximum Gasteiger partial charge on any atom is 0.325 e. The molecule has 0 unspecified atom stereocenters. The van der Waals surface area contributed by atoms with Gasteiger partial charge in [0.15, 0.2) is 0 Å². The number of sulfonamides is 1. The lowest BCUT2D eigenvalue weighted by Gasteiger charge is -2.28. The van der Waals surface area contributed by atoms with E-state index in [9.17, 15) is 22.8 Å². The Kier molecular flexibility index (Phi) is 9.09. The third-order valence-corrected chi connectivity index (χ3v) is 7.02. The van der Waals surface area contributed by atoms with Crippen LogP contribution in [0.1, 0.15) is 47.0 Å². The minimum Gasteiger partial charge on any atom is -0.465 e. The van der Waals surface area contributed by atoms with Gasteiger partial charge in [0.05, 0.1) is 17.9 Å². The average Bonchev–Trinajstić information content (AvgIpc) is 3.66. The fourth-order valence-corrected chi connectivity index (χ4v) is 4.95. The molecule has 1 fully saturated rings. The monoisotopic (exact) mass is 530 g/mol. The number of hydrogen-bond donors (Lipinski definition) is 1. The molecule has 0 bridgehead atoms. The summed E-state index contributed by atoms with van der Waals surface area (Å²) in [6.07, 6.45) is 0.833. The van der Waals surface area contributed by atoms with Gasteiger partial charge in [0.1, 0.15) is 18.2 Å². The van der Waals surface area contributed by atoms with Crippen molar-refractivity contribution in [2.75, 3.05) is 13.2 Å². The van der Waals surface area contributed by atoms with Gasteiger partial charge in [0.2, 0.25) is 15.9 Å². The maximum absolute atomic E-state index is 13.5. The van der Waals surface area contributed by atoms with Crippen LogP contribution in [0.3, 0.4) is 0 Å². The Hall–Kier alpha value is -3.24. The highest BCUT2D eigenvalue weighted by Crippen LogP contribution is 2.28. The lowest BCUT2D eigenvalue weighted by atomic mass is 10.1. The number of nitrogens with zero attached hydrogens (tertiary/aromatic N) is 1. The molecule has 0 radical (unpaired) electrons. The topological polar surface area (TPSA) is 119 Å². The molecule has 9 nitrogen and oxygen atoms in total. The Balaban J connectivity index is 1.85. The van der Waals surface area contributed by atoms with E-state index in [0.717, 1.165) is 11.1 Å². The SMILES string of the molecule is CCOC(=O)CN(C(=O)[C@H](CC(=O)OC(C)(C)C)NS(=O)(=O)c1ccc(-c2ccccc2)cc1)C1CC1. The summed E-state index contributed by atoms with van der Waals surface area (Å²) in [6.45, 7) is 6.52. The fraction of sp³-hybridized carbons (Fsp3) is 0.444. The first-order valence-corrected chi connectivity index (χ1v) is 13.7. The summed E-state index contributed by atoms with van der Waals surface area (Å²) in [5.74, 6) is -2.01. The van der Waals surface area contributed by atoms with Gasteiger partial charge in [-0.1, -0.05) is 42.5 Å². The molecule has 0 aromatic heterocycles. The highest BCUT2D eigenvalue weighted by molar-refractivity contribution is 7.89. The summed E-state index contributed by atoms with van der Waals surface area (Å²) in [5.41, 5.74) is 0.935. The zero-order valence-electron chi connectivity index (χ0n) is 21.6. The molecule has 37 heavy (non-hydrogen) atoms. The molecule has 0 aliphatic heterocycles. The van der Waals surface area contributed by atoms with Crippen LogP contribution in [0, 0.1) is 0 Å². The van der Waals surface area contributed by atoms with E-state index >= 15 is 0 Å². The van der Waals surface area contributed by atoms with Gasteiger partial charge in [-0.25, -0.2) is 8.42 Å². The molecule has 0 spiro atoms. The van der Waals surface area contributed by atoms with E-state index in [1.54, 1.807) is 39.8 Å². The van der Waals surface area contributed by atoms with Gasteiger partial charge in [-0.2, -0.15) is 4.72 Å². The summed E-state index contributed by atoms with van der Waals surface area (Å²) < 4.78 is 39.2. The second kappa shape index (κ2) is 11.9. The van der Waals surface area contributed by atoms with E-state index in [0.29, 0.717) is 12.8 Å². The molecule has 1 amide bonds. The number of rotatable bonds is 11. The van der Waals surface area contributed by atoms with Gasteiger partial charge < -0.3 is 14.4 Å². The summed E-state index contributed by atoms with van der Waals surface area (Å²) in [7, 11) is -4.19. The van der Waals surface area contributed by atoms with Crippen LogP contribution in [0.25, 0.3) is 11.1 Å². The van der Waals surface area contributed by atoms with Crippen LogP contribution < -0.4 is 4.72 Å². The van der Waals surface area contributed by atoms with Crippen molar-refractivity contribution in [2.24, 2.45) is 0 Å². The summed E-state index contributed by atoms with van der Waals surface area (Å²) in [6, 6.07) is 14.0. The maximum atomic E-state index is 13.5. The number of carbonyl (C=O) groups excluding carboxylic acids is 3. The highest BCUT2D eigenvalue weighted by atomic mass is 32.2. The van der Waals surface area contributed by atoms with Gasteiger partial charge in [0.25, 0.3) is 0 Å². The Morgan fingerprint density at radius 3 is 2.11 bits per heavy atom. The Morgan fingerprint density at radius 2 is 1.57 bits per heavy atom. The van der Waals surface area contributed by atoms with Gasteiger partial charge in [-0.15, -0.1) is 0 Å². The first-order chi connectivity index (χ1) is 17.4. The second-order valence-corrected chi connectivity index (χ2v) is 11.6. The van der Waals surface area contributed by atoms with Crippen molar-refractivity contribution in [3.8, 4) is 11.1 Å². The zero-order valence-corrected chi connectivity index (χ0v) is 22.4. The van der Waals surface area contributed by atoms with Gasteiger partial charge >= 0.3 is 11.9 Å². The van der Waals surface area contributed by atoms with E-state index in [4.69, 9.17) is 9.47 Å². The smallest absolute Gasteiger partial charge is 0.325 e. The molecule has 0 heterocycles. The number of ether oxygens (including phenoxy) is 2. The van der Waals surface area contributed by atoms with Crippen LogP contribution in [0.5, 0.6) is 0 Å². The molecule has 2 aromatic carbocycles. The molecule has 2 aromatic rings. The standard InChI is InChI=1S/C27H34N2O7S/c1-5-35-25(31)18-29(21-13-14-21)26(32)23(17-24(30)36-27(2,3)4)28-37(33,34)22-15-11-20(12-16-22)19-9-7-6-8-10-19/h6-12,15-16,21,23,28H,5,13-14,17-18H2,1-4H3/t23-/m0/s1. The van der Waals surface area contributed by atoms with Crippen molar-refractivity contribution in [1.82, 2.24) is 9.62 Å². The van der Waals surface area contributed by atoms with Crippen LogP contribution in [0.4, 0.5) is 0 Å². The van der Waals surface area contributed by atoms with Gasteiger partial charge in [0, 0.05) is 6.04 Å². The largest absolute Gasteiger partial charge is 0.465 e. The minimum absolute atomic E-state index is 0.0578. The third kappa shape index (κ3) is 8.40. The molecular formula is C27H34N2O7S. The molecule has 1 atom stereocenters. The zero-order chi connectivity index (χ0) is 27.2. The van der Waals surface area contributed by atoms with E-state index in [2.05, 4.69) is 4.72 Å². The predicted octanol–water partition coefficient (Wildman–Crippen LogP) is 3.29. The number of hydrogen-bond acceptors (Lipinski definition) is 7. The Bertz CT molecular complexity index is 1200. The van der Waals surface area contributed by atoms with Crippen LogP contribution in [-0.4, -0.2) is 62.0 Å². The molecule has 1 N–H and O–H groups in total. The van der Waals surface area contributed by atoms with E-state index < -0.39 is 45.9 Å². The Morgan fingerprint density at radius 1 is 0.973 bits per heavy atom. The van der Waals surface area contributed by atoms with E-state index in [1.807, 2.05) is 30.3 Å². The van der Waals surface area contributed by atoms with Crippen LogP contribution in [0.15, 0.2) is 59.5 Å². The first-order valence-electron chi connectivity index (χ1n) is 12.3. The lowest BCUT2D eigenvalue weighted by Crippen LogP contribution is -2.52. The fourth-order valence-electron chi connectivity index (χ4n) is 3.76. The molecule has 1 aliphatic carbocycles. The van der Waals surface area contributed by atoms with E-state index in [-0.39, 0.29) is 24.1 Å². The average molecular weight is 531 g/mol. The number of esters is 2. The van der Waals surface area contributed by atoms with Crippen molar-refractivity contribution in [3.05, 3.63) is 54.6 Å². The van der Waals surface area contributed by atoms with Crippen LogP contribution >= 0.6 is 0 Å². The molecule has 1 aliphatic rings. The van der Waals surface area contributed by atoms with Gasteiger partial charge in [-0.05, 0) is 63.8 Å². The first kappa shape index (κ1) is 28.3. The van der Waals surface area contributed by atoms with Crippen LogP contribution in [0.2, 0.25) is 0 Å². The molecule has 3 rings (SSSR count). The highest BCUT2D eigenvalue weighted by Gasteiger charge is 2.40. The van der Waals surface area contributed by atoms with Crippen molar-refractivity contribution in [2.45, 2.75) is 69.5 Å². The summed E-state index contributed by atoms with van der Waals surface area (Å²) in [4.78, 5) is 39.5. The van der Waals surface area contributed by atoms with E-state index in [1.165, 1.54) is 17.0 Å². The molecular weight excluding hydrogens is 496 g/mol. The molecule has 1 saturated carbocycles. The normalized spacial score (nSPS) is 14.5. The molecule has 200 valence electrons. The summed E-state index contributed by atoms with van der Waals surface area (Å²) >= 11 is 0. The predicted molar refractivity (Wildman–Crippen MR) is 138 cm³/mol. The molecule has 10 heteroatoms. The van der Waals surface area contributed by atoms with Crippen molar-refractivity contribution in [3.63, 3.8) is 0 Å². The van der Waals surface area contributed by atoms with Crippen molar-refractivity contribution in [1.29, 1.82) is 0 Å². The number of nitrogens with one attached hydrogen (secondary N) is 1. The number of amides is 1. The quantitative estimate of drug-likeness (QED) is 0.443. The third-order valence-electron chi connectivity index (χ3n) is 5.53. The number of carbonyl (C=O) groups is 3. The lowest BCUT2D eigenvalue weighted by molar-refractivity contribution is -0.157. The summed E-state index contributed by atoms with van der Waals surface area (Å²) in [5, 5.41) is 0. The van der Waals surface area contributed by atoms with Gasteiger partial charge in [-0.3, -0.25) is 14.4 Å². The van der Waals surface area contributed by atoms with Crippen LogP contribution in [-0.2, 0) is 33.9 Å². The molecule has 0 saturated heterocycles. The Labute approximate surface area is 218 Å². The van der Waals surface area contributed by atoms with Crippen molar-refractivity contribution >= 4 is 27.9 Å². The second-order valence-electron chi connectivity index (χ2n) is 9.86. The minimum atomic E-state index is -4.19. The van der Waals surface area contributed by atoms with Crippen molar-refractivity contribution < 1.29 is 32.3 Å².